The minimum atomic E-state index is -4.66. The van der Waals surface area contributed by atoms with Gasteiger partial charge in [-0.25, -0.2) is 9.59 Å². The molecule has 0 aliphatic rings. The van der Waals surface area contributed by atoms with E-state index in [1.54, 1.807) is 12.1 Å². The van der Waals surface area contributed by atoms with E-state index in [9.17, 15) is 22.8 Å². The van der Waals surface area contributed by atoms with E-state index in [2.05, 4.69) is 14.8 Å². The Bertz CT molecular complexity index is 1220. The van der Waals surface area contributed by atoms with Crippen LogP contribution in [-0.2, 0) is 31.7 Å². The molecule has 182 valence electrons. The first-order valence-electron chi connectivity index (χ1n) is 10.4. The lowest BCUT2D eigenvalue weighted by molar-refractivity contribution is -0.138. The second-order valence-corrected chi connectivity index (χ2v) is 7.28. The van der Waals surface area contributed by atoms with Crippen LogP contribution in [0.2, 0.25) is 0 Å². The van der Waals surface area contributed by atoms with Crippen molar-refractivity contribution in [3.63, 3.8) is 0 Å². The van der Waals surface area contributed by atoms with E-state index in [1.807, 2.05) is 42.5 Å². The number of nitrogens with one attached hydrogen (secondary N) is 1. The molecule has 0 saturated carbocycles. The first kappa shape index (κ1) is 25.4. The van der Waals surface area contributed by atoms with E-state index >= 15 is 0 Å². The van der Waals surface area contributed by atoms with Crippen molar-refractivity contribution in [2.45, 2.75) is 12.6 Å². The molecule has 0 unspecified atom stereocenters. The molecule has 0 bridgehead atoms. The fraction of sp³-hybridized carbons (Fsp3) is 0.154. The van der Waals surface area contributed by atoms with Crippen LogP contribution in [0.3, 0.4) is 0 Å². The first-order valence-corrected chi connectivity index (χ1v) is 10.4. The SMILES string of the molecule is COC(=O)/C=C(/Nc1cc(C(F)(F)F)ccc1Oc1ccccc1Cc1ccccc1)C(=O)OC. The van der Waals surface area contributed by atoms with Crippen molar-refractivity contribution in [3.8, 4) is 11.5 Å². The van der Waals surface area contributed by atoms with E-state index in [4.69, 9.17) is 4.74 Å². The topological polar surface area (TPSA) is 73.9 Å². The summed E-state index contributed by atoms with van der Waals surface area (Å²) >= 11 is 0. The minimum Gasteiger partial charge on any atom is -0.466 e. The lowest BCUT2D eigenvalue weighted by Crippen LogP contribution is -2.16. The highest BCUT2D eigenvalue weighted by Gasteiger charge is 2.31. The summed E-state index contributed by atoms with van der Waals surface area (Å²) in [4.78, 5) is 23.8. The van der Waals surface area contributed by atoms with Gasteiger partial charge < -0.3 is 19.5 Å². The smallest absolute Gasteiger partial charge is 0.416 e. The predicted molar refractivity (Wildman–Crippen MR) is 123 cm³/mol. The van der Waals surface area contributed by atoms with Gasteiger partial charge in [-0.3, -0.25) is 0 Å². The maximum Gasteiger partial charge on any atom is 0.416 e. The number of anilines is 1. The van der Waals surface area contributed by atoms with Crippen LogP contribution in [0.4, 0.5) is 18.9 Å². The average Bonchev–Trinajstić information content (AvgIpc) is 2.85. The van der Waals surface area contributed by atoms with E-state index in [0.29, 0.717) is 12.2 Å². The zero-order valence-electron chi connectivity index (χ0n) is 18.9. The number of carbonyl (C=O) groups is 2. The van der Waals surface area contributed by atoms with Crippen LogP contribution in [0.1, 0.15) is 16.7 Å². The molecule has 0 aliphatic heterocycles. The number of hydrogen-bond acceptors (Lipinski definition) is 6. The molecule has 0 saturated heterocycles. The summed E-state index contributed by atoms with van der Waals surface area (Å²) in [5.74, 6) is -1.47. The Morgan fingerprint density at radius 2 is 1.57 bits per heavy atom. The van der Waals surface area contributed by atoms with Gasteiger partial charge in [-0.05, 0) is 35.4 Å². The van der Waals surface area contributed by atoms with Gasteiger partial charge in [0, 0.05) is 6.42 Å². The van der Waals surface area contributed by atoms with Crippen LogP contribution in [0, 0.1) is 0 Å². The lowest BCUT2D eigenvalue weighted by atomic mass is 10.0. The second-order valence-electron chi connectivity index (χ2n) is 7.28. The van der Waals surface area contributed by atoms with Crippen LogP contribution in [-0.4, -0.2) is 26.2 Å². The molecule has 0 aromatic heterocycles. The maximum atomic E-state index is 13.4. The Kier molecular flexibility index (Phi) is 8.14. The molecule has 9 heteroatoms. The van der Waals surface area contributed by atoms with Gasteiger partial charge in [0.25, 0.3) is 0 Å². The number of para-hydroxylation sites is 1. The zero-order chi connectivity index (χ0) is 25.4. The van der Waals surface area contributed by atoms with Crippen LogP contribution < -0.4 is 10.1 Å². The Labute approximate surface area is 199 Å². The van der Waals surface area contributed by atoms with Crippen molar-refractivity contribution >= 4 is 17.6 Å². The highest BCUT2D eigenvalue weighted by atomic mass is 19.4. The number of rotatable bonds is 8. The third-order valence-electron chi connectivity index (χ3n) is 4.87. The van der Waals surface area contributed by atoms with Gasteiger partial charge in [0.2, 0.25) is 0 Å². The maximum absolute atomic E-state index is 13.4. The molecular weight excluding hydrogens is 463 g/mol. The molecule has 3 aromatic carbocycles. The van der Waals surface area contributed by atoms with Crippen molar-refractivity contribution in [1.82, 2.24) is 0 Å². The number of hydrogen-bond donors (Lipinski definition) is 1. The number of alkyl halides is 3. The summed E-state index contributed by atoms with van der Waals surface area (Å²) < 4.78 is 55.4. The Hall–Kier alpha value is -4.27. The number of esters is 2. The first-order chi connectivity index (χ1) is 16.7. The highest BCUT2D eigenvalue weighted by molar-refractivity contribution is 5.99. The van der Waals surface area contributed by atoms with Gasteiger partial charge in [-0.15, -0.1) is 0 Å². The minimum absolute atomic E-state index is 0.00168. The van der Waals surface area contributed by atoms with Crippen molar-refractivity contribution in [2.24, 2.45) is 0 Å². The van der Waals surface area contributed by atoms with Gasteiger partial charge in [-0.2, -0.15) is 13.2 Å². The predicted octanol–water partition coefficient (Wildman–Crippen LogP) is 5.73. The molecule has 0 heterocycles. The molecular formula is C26H22F3NO5. The van der Waals surface area contributed by atoms with E-state index in [0.717, 1.165) is 49.6 Å². The largest absolute Gasteiger partial charge is 0.466 e. The second kappa shape index (κ2) is 11.2. The van der Waals surface area contributed by atoms with Crippen molar-refractivity contribution < 1.29 is 37.0 Å². The van der Waals surface area contributed by atoms with Crippen LogP contribution in [0.15, 0.2) is 84.6 Å². The molecule has 3 rings (SSSR count). The van der Waals surface area contributed by atoms with E-state index < -0.39 is 29.4 Å². The fourth-order valence-electron chi connectivity index (χ4n) is 3.15. The van der Waals surface area contributed by atoms with Gasteiger partial charge in [0.15, 0.2) is 5.75 Å². The molecule has 3 aromatic rings. The molecule has 35 heavy (non-hydrogen) atoms. The molecule has 0 aliphatic carbocycles. The number of benzene rings is 3. The summed E-state index contributed by atoms with van der Waals surface area (Å²) in [5.41, 5.74) is 0.203. The fourth-order valence-corrected chi connectivity index (χ4v) is 3.15. The van der Waals surface area contributed by atoms with Gasteiger partial charge in [0.1, 0.15) is 11.4 Å². The monoisotopic (exact) mass is 485 g/mol. The summed E-state index contributed by atoms with van der Waals surface area (Å²) in [7, 11) is 2.16. The third kappa shape index (κ3) is 6.86. The molecule has 0 amide bonds. The Morgan fingerprint density at radius 3 is 2.23 bits per heavy atom. The number of carbonyl (C=O) groups excluding carboxylic acids is 2. The van der Waals surface area contributed by atoms with E-state index in [1.165, 1.54) is 0 Å². The molecule has 0 spiro atoms. The summed E-state index contributed by atoms with van der Waals surface area (Å²) in [6.45, 7) is 0. The quantitative estimate of drug-likeness (QED) is 0.325. The number of ether oxygens (including phenoxy) is 3. The molecule has 6 nitrogen and oxygen atoms in total. The molecule has 1 N–H and O–H groups in total. The molecule has 0 atom stereocenters. The van der Waals surface area contributed by atoms with Gasteiger partial charge in [-0.1, -0.05) is 48.5 Å². The summed E-state index contributed by atoms with van der Waals surface area (Å²) in [6, 6.07) is 19.5. The highest BCUT2D eigenvalue weighted by Crippen LogP contribution is 2.38. The molecule has 0 radical (unpaired) electrons. The number of halogens is 3. The van der Waals surface area contributed by atoms with Crippen LogP contribution in [0.25, 0.3) is 0 Å². The Balaban J connectivity index is 2.02. The van der Waals surface area contributed by atoms with Gasteiger partial charge in [0.05, 0.1) is 31.5 Å². The Morgan fingerprint density at radius 1 is 0.886 bits per heavy atom. The molecule has 0 fully saturated rings. The van der Waals surface area contributed by atoms with Crippen LogP contribution >= 0.6 is 0 Å². The van der Waals surface area contributed by atoms with Crippen molar-refractivity contribution in [3.05, 3.63) is 101 Å². The summed E-state index contributed by atoms with van der Waals surface area (Å²) in [5, 5.41) is 2.53. The van der Waals surface area contributed by atoms with Crippen molar-refractivity contribution in [2.75, 3.05) is 19.5 Å². The average molecular weight is 485 g/mol. The normalized spacial score (nSPS) is 11.5. The third-order valence-corrected chi connectivity index (χ3v) is 4.87. The number of methoxy groups -OCH3 is 2. The lowest BCUT2D eigenvalue weighted by Gasteiger charge is -2.18. The standard InChI is InChI=1S/C26H22F3NO5/c1-33-24(31)16-21(25(32)34-2)30-20-15-19(26(27,28)29)12-13-23(20)35-22-11-7-6-10-18(22)14-17-8-4-3-5-9-17/h3-13,15-16,30H,14H2,1-2H3/b21-16+. The van der Waals surface area contributed by atoms with Crippen molar-refractivity contribution in [1.29, 1.82) is 0 Å². The zero-order valence-corrected chi connectivity index (χ0v) is 18.9. The summed E-state index contributed by atoms with van der Waals surface area (Å²) in [6.07, 6.45) is -3.35. The van der Waals surface area contributed by atoms with Crippen LogP contribution in [0.5, 0.6) is 11.5 Å². The van der Waals surface area contributed by atoms with E-state index in [-0.39, 0.29) is 11.4 Å². The van der Waals surface area contributed by atoms with Gasteiger partial charge >= 0.3 is 18.1 Å².